The summed E-state index contributed by atoms with van der Waals surface area (Å²) < 4.78 is 43.4. The van der Waals surface area contributed by atoms with E-state index in [1.54, 1.807) is 31.2 Å². The first kappa shape index (κ1) is 31.9. The predicted octanol–water partition coefficient (Wildman–Crippen LogP) is 5.87. The van der Waals surface area contributed by atoms with Crippen LogP contribution >= 0.6 is 15.9 Å². The number of anilines is 1. The van der Waals surface area contributed by atoms with Crippen molar-refractivity contribution in [3.63, 3.8) is 0 Å². The Hall–Kier alpha value is -4.02. The van der Waals surface area contributed by atoms with Gasteiger partial charge in [-0.3, -0.25) is 13.9 Å². The molecule has 0 fully saturated rings. The van der Waals surface area contributed by atoms with Crippen LogP contribution in [-0.2, 0) is 32.6 Å². The molecule has 0 aliphatic rings. The molecule has 0 bridgehead atoms. The third-order valence-corrected chi connectivity index (χ3v) is 9.15. The summed E-state index contributed by atoms with van der Waals surface area (Å²) in [6.45, 7) is 3.50. The lowest BCUT2D eigenvalue weighted by Crippen LogP contribution is -2.53. The fraction of sp³-hybridized carbons (Fsp3) is 0.212. The van der Waals surface area contributed by atoms with Crippen LogP contribution in [-0.4, -0.2) is 44.3 Å². The summed E-state index contributed by atoms with van der Waals surface area (Å²) in [6.07, 6.45) is 0.224. The second-order valence-corrected chi connectivity index (χ2v) is 12.8. The molecule has 4 rings (SSSR count). The van der Waals surface area contributed by atoms with E-state index in [2.05, 4.69) is 21.2 Å². The fourth-order valence-corrected chi connectivity index (χ4v) is 6.51. The molecule has 1 unspecified atom stereocenters. The van der Waals surface area contributed by atoms with E-state index < -0.39 is 34.3 Å². The van der Waals surface area contributed by atoms with Gasteiger partial charge in [-0.25, -0.2) is 12.8 Å². The summed E-state index contributed by atoms with van der Waals surface area (Å²) in [4.78, 5) is 29.1. The molecule has 0 radical (unpaired) electrons. The van der Waals surface area contributed by atoms with E-state index in [1.807, 2.05) is 61.5 Å². The molecule has 0 heterocycles. The van der Waals surface area contributed by atoms with E-state index in [0.29, 0.717) is 6.54 Å². The lowest BCUT2D eigenvalue weighted by molar-refractivity contribution is -0.140. The summed E-state index contributed by atoms with van der Waals surface area (Å²) in [6, 6.07) is 27.0. The molecule has 0 aliphatic heterocycles. The largest absolute Gasteiger partial charge is 0.355 e. The minimum atomic E-state index is -4.30. The van der Waals surface area contributed by atoms with Crippen LogP contribution < -0.4 is 9.62 Å². The van der Waals surface area contributed by atoms with Gasteiger partial charge in [0, 0.05) is 24.0 Å². The fourth-order valence-electron chi connectivity index (χ4n) is 4.65. The molecule has 1 N–H and O–H groups in total. The second-order valence-electron chi connectivity index (χ2n) is 10.1. The molecule has 7 nitrogen and oxygen atoms in total. The number of halogens is 2. The summed E-state index contributed by atoms with van der Waals surface area (Å²) in [5, 5.41) is 2.84. The van der Waals surface area contributed by atoms with E-state index >= 15 is 0 Å². The van der Waals surface area contributed by atoms with Crippen molar-refractivity contribution in [1.29, 1.82) is 0 Å². The first-order valence-corrected chi connectivity index (χ1v) is 16.0. The third kappa shape index (κ3) is 8.30. The SMILES string of the molecule is CCNC(=O)C(Cc1ccccc1)N(Cc1cccc(Br)c1)C(=O)CN(c1ccc(C)cc1)S(=O)(=O)c1ccc(F)cc1. The Kier molecular flexibility index (Phi) is 10.7. The lowest BCUT2D eigenvalue weighted by atomic mass is 10.0. The minimum absolute atomic E-state index is 0.0608. The molecule has 1 atom stereocenters. The van der Waals surface area contributed by atoms with Crippen molar-refractivity contribution in [2.45, 2.75) is 37.8 Å². The van der Waals surface area contributed by atoms with Crippen LogP contribution in [0.2, 0.25) is 0 Å². The Bertz CT molecular complexity index is 1650. The molecular formula is C33H33BrFN3O4S. The highest BCUT2D eigenvalue weighted by Gasteiger charge is 2.34. The highest BCUT2D eigenvalue weighted by Crippen LogP contribution is 2.26. The van der Waals surface area contributed by atoms with Crippen molar-refractivity contribution < 1.29 is 22.4 Å². The number of amides is 2. The van der Waals surface area contributed by atoms with Crippen LogP contribution in [0.5, 0.6) is 0 Å². The monoisotopic (exact) mass is 665 g/mol. The van der Waals surface area contributed by atoms with Crippen LogP contribution in [0, 0.1) is 12.7 Å². The minimum Gasteiger partial charge on any atom is -0.355 e. The van der Waals surface area contributed by atoms with E-state index in [9.17, 15) is 22.4 Å². The second kappa shape index (κ2) is 14.4. The number of carbonyl (C=O) groups excluding carboxylic acids is 2. The van der Waals surface area contributed by atoms with E-state index in [-0.39, 0.29) is 29.5 Å². The molecule has 4 aromatic rings. The first-order chi connectivity index (χ1) is 20.6. The van der Waals surface area contributed by atoms with Crippen molar-refractivity contribution in [2.75, 3.05) is 17.4 Å². The van der Waals surface area contributed by atoms with Crippen LogP contribution in [0.25, 0.3) is 0 Å². The molecule has 0 saturated carbocycles. The smallest absolute Gasteiger partial charge is 0.264 e. The number of hydrogen-bond donors (Lipinski definition) is 1. The standard InChI is InChI=1S/C33H33BrFN3O4S/c1-3-36-33(40)31(21-25-8-5-4-6-9-25)37(22-26-10-7-11-27(34)20-26)32(39)23-38(29-16-12-24(2)13-17-29)43(41,42)30-18-14-28(35)15-19-30/h4-20,31H,3,21-23H2,1-2H3,(H,36,40). The van der Waals surface area contributed by atoms with Gasteiger partial charge in [0.1, 0.15) is 18.4 Å². The molecule has 2 amide bonds. The molecule has 0 saturated heterocycles. The predicted molar refractivity (Wildman–Crippen MR) is 169 cm³/mol. The van der Waals surface area contributed by atoms with Gasteiger partial charge in [0.25, 0.3) is 10.0 Å². The van der Waals surface area contributed by atoms with E-state index in [4.69, 9.17) is 0 Å². The molecule has 0 spiro atoms. The van der Waals surface area contributed by atoms with Crippen molar-refractivity contribution >= 4 is 43.5 Å². The number of carbonyl (C=O) groups is 2. The molecule has 0 aromatic heterocycles. The zero-order valence-corrected chi connectivity index (χ0v) is 26.3. The lowest BCUT2D eigenvalue weighted by Gasteiger charge is -2.34. The van der Waals surface area contributed by atoms with Crippen LogP contribution in [0.1, 0.15) is 23.6 Å². The van der Waals surface area contributed by atoms with Gasteiger partial charge in [0.15, 0.2) is 0 Å². The third-order valence-electron chi connectivity index (χ3n) is 6.87. The zero-order valence-electron chi connectivity index (χ0n) is 23.9. The maximum atomic E-state index is 14.3. The molecule has 43 heavy (non-hydrogen) atoms. The van der Waals surface area contributed by atoms with Crippen molar-refractivity contribution in [2.24, 2.45) is 0 Å². The number of benzene rings is 4. The number of rotatable bonds is 12. The van der Waals surface area contributed by atoms with Crippen LogP contribution in [0.4, 0.5) is 10.1 Å². The Balaban J connectivity index is 1.79. The quantitative estimate of drug-likeness (QED) is 0.205. The molecular weight excluding hydrogens is 633 g/mol. The number of hydrogen-bond acceptors (Lipinski definition) is 4. The van der Waals surface area contributed by atoms with E-state index in [1.165, 1.54) is 17.0 Å². The number of nitrogens with zero attached hydrogens (tertiary/aromatic N) is 2. The van der Waals surface area contributed by atoms with E-state index in [0.717, 1.165) is 37.6 Å². The van der Waals surface area contributed by atoms with Crippen molar-refractivity contribution in [3.05, 3.63) is 130 Å². The number of nitrogens with one attached hydrogen (secondary N) is 1. The average Bonchev–Trinajstić information content (AvgIpc) is 2.99. The summed E-state index contributed by atoms with van der Waals surface area (Å²) in [5.74, 6) is -1.50. The Labute approximate surface area is 260 Å². The molecule has 0 aliphatic carbocycles. The van der Waals surface area contributed by atoms with Gasteiger partial charge in [-0.1, -0.05) is 76.1 Å². The van der Waals surface area contributed by atoms with Gasteiger partial charge in [-0.05, 0) is 73.5 Å². The van der Waals surface area contributed by atoms with Gasteiger partial charge < -0.3 is 10.2 Å². The normalized spacial score (nSPS) is 11.9. The van der Waals surface area contributed by atoms with Gasteiger partial charge in [-0.15, -0.1) is 0 Å². The Morgan fingerprint density at radius 1 is 0.884 bits per heavy atom. The summed E-state index contributed by atoms with van der Waals surface area (Å²) >= 11 is 3.47. The first-order valence-electron chi connectivity index (χ1n) is 13.8. The number of aryl methyl sites for hydroxylation is 1. The van der Waals surface area contributed by atoms with Gasteiger partial charge in [-0.2, -0.15) is 0 Å². The maximum Gasteiger partial charge on any atom is 0.264 e. The Morgan fingerprint density at radius 3 is 2.16 bits per heavy atom. The Morgan fingerprint density at radius 2 is 1.53 bits per heavy atom. The van der Waals surface area contributed by atoms with Gasteiger partial charge >= 0.3 is 0 Å². The number of likely N-dealkylation sites (N-methyl/N-ethyl adjacent to an activating group) is 1. The zero-order chi connectivity index (χ0) is 31.0. The van der Waals surface area contributed by atoms with Crippen LogP contribution in [0.3, 0.4) is 0 Å². The molecule has 224 valence electrons. The average molecular weight is 667 g/mol. The van der Waals surface area contributed by atoms with Crippen molar-refractivity contribution in [1.82, 2.24) is 10.2 Å². The van der Waals surface area contributed by atoms with Crippen LogP contribution in [0.15, 0.2) is 112 Å². The highest BCUT2D eigenvalue weighted by atomic mass is 79.9. The summed E-state index contributed by atoms with van der Waals surface area (Å²) in [5.41, 5.74) is 2.78. The number of sulfonamides is 1. The molecule has 10 heteroatoms. The summed E-state index contributed by atoms with van der Waals surface area (Å²) in [7, 11) is -4.30. The highest BCUT2D eigenvalue weighted by molar-refractivity contribution is 9.10. The van der Waals surface area contributed by atoms with Crippen molar-refractivity contribution in [3.8, 4) is 0 Å². The molecule has 4 aromatic carbocycles. The topological polar surface area (TPSA) is 86.8 Å². The maximum absolute atomic E-state index is 14.3. The van der Waals surface area contributed by atoms with Gasteiger partial charge in [0.2, 0.25) is 11.8 Å². The van der Waals surface area contributed by atoms with Gasteiger partial charge in [0.05, 0.1) is 10.6 Å².